The second-order valence-corrected chi connectivity index (χ2v) is 4.06. The molecule has 0 unspecified atom stereocenters. The fourth-order valence-corrected chi connectivity index (χ4v) is 1.76. The van der Waals surface area contributed by atoms with Gasteiger partial charge in [0, 0.05) is 17.4 Å². The Morgan fingerprint density at radius 3 is 2.56 bits per heavy atom. The maximum Gasteiger partial charge on any atom is 0.222 e. The summed E-state index contributed by atoms with van der Waals surface area (Å²) in [7, 11) is 1.66. The fraction of sp³-hybridized carbons (Fsp3) is 0.231. The predicted octanol–water partition coefficient (Wildman–Crippen LogP) is 2.43. The zero-order valence-corrected chi connectivity index (χ0v) is 10.7. The number of hydrogen-bond acceptors (Lipinski definition) is 5. The standard InChI is InChI=1S/C13H16N4O/c1-8-6-10(4-5-11(8)18-3)16-12-7-9(2)15-13(14)17-12/h4-7H,1-3H3,(H3,14,15,16,17). The van der Waals surface area contributed by atoms with Crippen LogP contribution in [0.25, 0.3) is 0 Å². The lowest BCUT2D eigenvalue weighted by Crippen LogP contribution is -2.01. The van der Waals surface area contributed by atoms with Crippen LogP contribution in [0.5, 0.6) is 5.75 Å². The Morgan fingerprint density at radius 2 is 1.94 bits per heavy atom. The highest BCUT2D eigenvalue weighted by Crippen LogP contribution is 2.23. The largest absolute Gasteiger partial charge is 0.496 e. The van der Waals surface area contributed by atoms with Crippen molar-refractivity contribution in [1.82, 2.24) is 9.97 Å². The van der Waals surface area contributed by atoms with Crippen molar-refractivity contribution in [3.63, 3.8) is 0 Å². The number of methoxy groups -OCH3 is 1. The molecule has 0 fully saturated rings. The molecule has 0 atom stereocenters. The summed E-state index contributed by atoms with van der Waals surface area (Å²) in [6.45, 7) is 3.87. The summed E-state index contributed by atoms with van der Waals surface area (Å²) < 4.78 is 5.21. The maximum absolute atomic E-state index is 5.61. The lowest BCUT2D eigenvalue weighted by molar-refractivity contribution is 0.412. The number of aromatic nitrogens is 2. The molecule has 0 spiro atoms. The van der Waals surface area contributed by atoms with Gasteiger partial charge < -0.3 is 15.8 Å². The Hall–Kier alpha value is -2.30. The predicted molar refractivity (Wildman–Crippen MR) is 72.2 cm³/mol. The smallest absolute Gasteiger partial charge is 0.222 e. The zero-order valence-electron chi connectivity index (χ0n) is 10.7. The second-order valence-electron chi connectivity index (χ2n) is 4.06. The van der Waals surface area contributed by atoms with E-state index in [1.54, 1.807) is 7.11 Å². The molecule has 0 radical (unpaired) electrons. The maximum atomic E-state index is 5.61. The Balaban J connectivity index is 2.25. The van der Waals surface area contributed by atoms with Gasteiger partial charge in [-0.15, -0.1) is 0 Å². The molecule has 1 aromatic carbocycles. The Bertz CT molecular complexity index is 549. The third kappa shape index (κ3) is 2.68. The van der Waals surface area contributed by atoms with E-state index in [2.05, 4.69) is 15.3 Å². The van der Waals surface area contributed by atoms with Crippen molar-refractivity contribution in [2.75, 3.05) is 18.2 Å². The minimum atomic E-state index is 0.266. The molecule has 3 N–H and O–H groups in total. The van der Waals surface area contributed by atoms with Crippen LogP contribution in [0.1, 0.15) is 11.3 Å². The van der Waals surface area contributed by atoms with E-state index in [-0.39, 0.29) is 5.95 Å². The molecule has 1 heterocycles. The highest BCUT2D eigenvalue weighted by molar-refractivity contribution is 5.60. The first kappa shape index (κ1) is 12.2. The first-order valence-corrected chi connectivity index (χ1v) is 5.61. The molecule has 94 valence electrons. The van der Waals surface area contributed by atoms with E-state index in [1.807, 2.05) is 38.1 Å². The number of hydrogen-bond donors (Lipinski definition) is 2. The van der Waals surface area contributed by atoms with Crippen LogP contribution in [0, 0.1) is 13.8 Å². The minimum absolute atomic E-state index is 0.266. The number of benzene rings is 1. The van der Waals surface area contributed by atoms with Gasteiger partial charge in [0.1, 0.15) is 11.6 Å². The summed E-state index contributed by atoms with van der Waals surface area (Å²) in [6, 6.07) is 7.68. The molecule has 5 nitrogen and oxygen atoms in total. The third-order valence-electron chi connectivity index (χ3n) is 2.54. The van der Waals surface area contributed by atoms with Crippen molar-refractivity contribution in [3.8, 4) is 5.75 Å². The number of nitrogens with one attached hydrogen (secondary N) is 1. The quantitative estimate of drug-likeness (QED) is 0.867. The number of nitrogen functional groups attached to an aromatic ring is 1. The minimum Gasteiger partial charge on any atom is -0.496 e. The van der Waals surface area contributed by atoms with Crippen LogP contribution in [0.4, 0.5) is 17.5 Å². The van der Waals surface area contributed by atoms with E-state index >= 15 is 0 Å². The second kappa shape index (κ2) is 4.91. The Labute approximate surface area is 106 Å². The fourth-order valence-electron chi connectivity index (χ4n) is 1.76. The number of anilines is 3. The van der Waals surface area contributed by atoms with Crippen LogP contribution in [0.15, 0.2) is 24.3 Å². The zero-order chi connectivity index (χ0) is 13.1. The molecule has 2 aromatic rings. The van der Waals surface area contributed by atoms with Crippen LogP contribution in [0.3, 0.4) is 0 Å². The van der Waals surface area contributed by atoms with Gasteiger partial charge in [0.15, 0.2) is 0 Å². The van der Waals surface area contributed by atoms with E-state index in [1.165, 1.54) is 0 Å². The van der Waals surface area contributed by atoms with Gasteiger partial charge in [-0.2, -0.15) is 4.98 Å². The summed E-state index contributed by atoms with van der Waals surface area (Å²) in [5.74, 6) is 1.81. The molecular formula is C13H16N4O. The number of aryl methyl sites for hydroxylation is 2. The van der Waals surface area contributed by atoms with E-state index < -0.39 is 0 Å². The molecule has 0 amide bonds. The van der Waals surface area contributed by atoms with Gasteiger partial charge in [-0.05, 0) is 37.6 Å². The van der Waals surface area contributed by atoms with E-state index in [0.717, 1.165) is 22.7 Å². The number of rotatable bonds is 3. The molecule has 2 rings (SSSR count). The number of nitrogens with zero attached hydrogens (tertiary/aromatic N) is 2. The number of ether oxygens (including phenoxy) is 1. The van der Waals surface area contributed by atoms with Gasteiger partial charge >= 0.3 is 0 Å². The SMILES string of the molecule is COc1ccc(Nc2cc(C)nc(N)n2)cc1C. The van der Waals surface area contributed by atoms with Crippen molar-refractivity contribution < 1.29 is 4.74 Å². The molecule has 1 aromatic heterocycles. The van der Waals surface area contributed by atoms with Crippen molar-refractivity contribution in [3.05, 3.63) is 35.5 Å². The molecule has 18 heavy (non-hydrogen) atoms. The van der Waals surface area contributed by atoms with Crippen molar-refractivity contribution in [2.45, 2.75) is 13.8 Å². The molecular weight excluding hydrogens is 228 g/mol. The van der Waals surface area contributed by atoms with E-state index in [0.29, 0.717) is 5.82 Å². The van der Waals surface area contributed by atoms with Gasteiger partial charge in [-0.25, -0.2) is 4.98 Å². The number of nitrogens with two attached hydrogens (primary N) is 1. The van der Waals surface area contributed by atoms with Gasteiger partial charge in [-0.1, -0.05) is 0 Å². The molecule has 0 aliphatic carbocycles. The summed E-state index contributed by atoms with van der Waals surface area (Å²) in [6.07, 6.45) is 0. The lowest BCUT2D eigenvalue weighted by Gasteiger charge is -2.10. The normalized spacial score (nSPS) is 10.2. The third-order valence-corrected chi connectivity index (χ3v) is 2.54. The molecule has 0 bridgehead atoms. The lowest BCUT2D eigenvalue weighted by atomic mass is 10.2. The molecule has 0 saturated heterocycles. The van der Waals surface area contributed by atoms with E-state index in [4.69, 9.17) is 10.5 Å². The highest BCUT2D eigenvalue weighted by atomic mass is 16.5. The Morgan fingerprint density at radius 1 is 1.17 bits per heavy atom. The molecule has 0 saturated carbocycles. The average Bonchev–Trinajstić information content (AvgIpc) is 2.27. The summed E-state index contributed by atoms with van der Waals surface area (Å²) in [5.41, 5.74) is 8.43. The van der Waals surface area contributed by atoms with Crippen LogP contribution < -0.4 is 15.8 Å². The highest BCUT2D eigenvalue weighted by Gasteiger charge is 2.03. The Kier molecular flexibility index (Phi) is 3.32. The van der Waals surface area contributed by atoms with Gasteiger partial charge in [0.25, 0.3) is 0 Å². The van der Waals surface area contributed by atoms with Crippen LogP contribution in [-0.2, 0) is 0 Å². The van der Waals surface area contributed by atoms with Crippen LogP contribution in [0.2, 0.25) is 0 Å². The summed E-state index contributed by atoms with van der Waals surface area (Å²) in [5, 5.41) is 3.19. The van der Waals surface area contributed by atoms with Crippen molar-refractivity contribution in [1.29, 1.82) is 0 Å². The van der Waals surface area contributed by atoms with Gasteiger partial charge in [0.05, 0.1) is 7.11 Å². The van der Waals surface area contributed by atoms with Gasteiger partial charge in [-0.3, -0.25) is 0 Å². The topological polar surface area (TPSA) is 73.1 Å². The van der Waals surface area contributed by atoms with Crippen molar-refractivity contribution >= 4 is 17.5 Å². The van der Waals surface area contributed by atoms with Gasteiger partial charge in [0.2, 0.25) is 5.95 Å². The molecule has 0 aliphatic rings. The first-order valence-electron chi connectivity index (χ1n) is 5.61. The molecule has 5 heteroatoms. The monoisotopic (exact) mass is 244 g/mol. The van der Waals surface area contributed by atoms with Crippen LogP contribution in [-0.4, -0.2) is 17.1 Å². The first-order chi connectivity index (χ1) is 8.58. The summed E-state index contributed by atoms with van der Waals surface area (Å²) in [4.78, 5) is 8.15. The summed E-state index contributed by atoms with van der Waals surface area (Å²) >= 11 is 0. The average molecular weight is 244 g/mol. The van der Waals surface area contributed by atoms with E-state index in [9.17, 15) is 0 Å². The van der Waals surface area contributed by atoms with Crippen molar-refractivity contribution in [2.24, 2.45) is 0 Å². The molecule has 0 aliphatic heterocycles. The van der Waals surface area contributed by atoms with Crippen LogP contribution >= 0.6 is 0 Å².